The van der Waals surface area contributed by atoms with Crippen molar-refractivity contribution in [1.82, 2.24) is 0 Å². The molecule has 4 nitrogen and oxygen atoms in total. The minimum Gasteiger partial charge on any atom is -0.460 e. The lowest BCUT2D eigenvalue weighted by Crippen LogP contribution is -2.23. The van der Waals surface area contributed by atoms with Gasteiger partial charge in [-0.05, 0) is 39.3 Å². The largest absolute Gasteiger partial charge is 0.460 e. The number of benzene rings is 1. The Morgan fingerprint density at radius 1 is 1.11 bits per heavy atom. The first-order chi connectivity index (χ1) is 8.87. The highest BCUT2D eigenvalue weighted by molar-refractivity contribution is 5.90. The molecule has 0 bridgehead atoms. The van der Waals surface area contributed by atoms with Crippen LogP contribution in [0.2, 0.25) is 0 Å². The van der Waals surface area contributed by atoms with Crippen LogP contribution >= 0.6 is 0 Å². The van der Waals surface area contributed by atoms with Gasteiger partial charge in [-0.15, -0.1) is 0 Å². The number of ether oxygens (including phenoxy) is 1. The lowest BCUT2D eigenvalue weighted by molar-refractivity contribution is -0.154. The van der Waals surface area contributed by atoms with Crippen molar-refractivity contribution in [2.24, 2.45) is 0 Å². The number of hydrogen-bond acceptors (Lipinski definition) is 3. The first kappa shape index (κ1) is 15.2. The molecule has 0 spiro atoms. The van der Waals surface area contributed by atoms with Crippen molar-refractivity contribution < 1.29 is 14.3 Å². The monoisotopic (exact) mass is 263 g/mol. The summed E-state index contributed by atoms with van der Waals surface area (Å²) in [6.45, 7) is 5.48. The van der Waals surface area contributed by atoms with Crippen LogP contribution in [0.5, 0.6) is 0 Å². The zero-order valence-electron chi connectivity index (χ0n) is 11.7. The molecule has 0 fully saturated rings. The van der Waals surface area contributed by atoms with Crippen LogP contribution in [0.3, 0.4) is 0 Å². The molecule has 104 valence electrons. The number of esters is 1. The number of amides is 1. The molecule has 0 aromatic heterocycles. The topological polar surface area (TPSA) is 55.4 Å². The van der Waals surface area contributed by atoms with Crippen LogP contribution in [0.25, 0.3) is 0 Å². The summed E-state index contributed by atoms with van der Waals surface area (Å²) in [7, 11) is 0. The second-order valence-electron chi connectivity index (χ2n) is 5.35. The molecule has 1 aromatic rings. The number of para-hydroxylation sites is 1. The molecule has 0 aliphatic carbocycles. The molecule has 0 saturated carbocycles. The number of hydrogen-bond donors (Lipinski definition) is 1. The van der Waals surface area contributed by atoms with Gasteiger partial charge in [-0.2, -0.15) is 0 Å². The minimum atomic E-state index is -0.469. The Morgan fingerprint density at radius 2 is 1.74 bits per heavy atom. The van der Waals surface area contributed by atoms with E-state index < -0.39 is 5.60 Å². The van der Waals surface area contributed by atoms with Gasteiger partial charge in [0.05, 0.1) is 0 Å². The third-order valence-corrected chi connectivity index (χ3v) is 2.26. The van der Waals surface area contributed by atoms with E-state index >= 15 is 0 Å². The van der Waals surface area contributed by atoms with E-state index in [1.807, 2.05) is 51.1 Å². The van der Waals surface area contributed by atoms with Crippen molar-refractivity contribution in [1.29, 1.82) is 0 Å². The Kier molecular flexibility index (Phi) is 5.55. The highest BCUT2D eigenvalue weighted by Gasteiger charge is 2.16. The predicted molar refractivity (Wildman–Crippen MR) is 74.8 cm³/mol. The maximum absolute atomic E-state index is 11.6. The van der Waals surface area contributed by atoms with Crippen molar-refractivity contribution in [2.45, 2.75) is 45.6 Å². The van der Waals surface area contributed by atoms with Gasteiger partial charge in [-0.3, -0.25) is 9.59 Å². The lowest BCUT2D eigenvalue weighted by atomic mass is 10.2. The summed E-state index contributed by atoms with van der Waals surface area (Å²) in [5.74, 6) is -0.352. The first-order valence-electron chi connectivity index (χ1n) is 6.43. The third kappa shape index (κ3) is 7.24. The fraction of sp³-hybridized carbons (Fsp3) is 0.467. The van der Waals surface area contributed by atoms with Gasteiger partial charge in [-0.25, -0.2) is 0 Å². The Bertz CT molecular complexity index is 421. The molecule has 1 N–H and O–H groups in total. The minimum absolute atomic E-state index is 0.0882. The van der Waals surface area contributed by atoms with Crippen LogP contribution in [-0.2, 0) is 14.3 Å². The summed E-state index contributed by atoms with van der Waals surface area (Å²) in [4.78, 5) is 23.1. The Hall–Kier alpha value is -1.84. The van der Waals surface area contributed by atoms with Crippen LogP contribution in [-0.4, -0.2) is 17.5 Å². The number of nitrogens with one attached hydrogen (secondary N) is 1. The molecule has 0 saturated heterocycles. The van der Waals surface area contributed by atoms with E-state index in [9.17, 15) is 9.59 Å². The van der Waals surface area contributed by atoms with Crippen molar-refractivity contribution >= 4 is 17.6 Å². The molecular weight excluding hydrogens is 242 g/mol. The van der Waals surface area contributed by atoms with Crippen LogP contribution in [0.1, 0.15) is 40.0 Å². The maximum Gasteiger partial charge on any atom is 0.306 e. The fourth-order valence-corrected chi connectivity index (χ4v) is 1.53. The van der Waals surface area contributed by atoms with Gasteiger partial charge < -0.3 is 10.1 Å². The predicted octanol–water partition coefficient (Wildman–Crippen LogP) is 3.14. The van der Waals surface area contributed by atoms with E-state index in [2.05, 4.69) is 5.32 Å². The molecule has 0 radical (unpaired) electrons. The second kappa shape index (κ2) is 6.92. The highest BCUT2D eigenvalue weighted by Crippen LogP contribution is 2.11. The summed E-state index contributed by atoms with van der Waals surface area (Å²) in [6.07, 6.45) is 1.07. The van der Waals surface area contributed by atoms with Gasteiger partial charge in [0.25, 0.3) is 0 Å². The normalized spacial score (nSPS) is 10.9. The van der Waals surface area contributed by atoms with Crippen LogP contribution in [0, 0.1) is 0 Å². The standard InChI is InChI=1S/C15H21NO3/c1-15(2,3)19-14(18)11-7-10-13(17)16-12-8-5-4-6-9-12/h4-6,8-9H,7,10-11H2,1-3H3,(H,16,17). The zero-order chi connectivity index (χ0) is 14.3. The average molecular weight is 263 g/mol. The molecule has 1 aromatic carbocycles. The number of carbonyl (C=O) groups excluding carboxylic acids is 2. The quantitative estimate of drug-likeness (QED) is 0.830. The third-order valence-electron chi connectivity index (χ3n) is 2.26. The van der Waals surface area contributed by atoms with Crippen molar-refractivity contribution in [2.75, 3.05) is 5.32 Å². The molecular formula is C15H21NO3. The van der Waals surface area contributed by atoms with Crippen molar-refractivity contribution in [3.8, 4) is 0 Å². The van der Waals surface area contributed by atoms with E-state index in [1.165, 1.54) is 0 Å². The Labute approximate surface area is 114 Å². The van der Waals surface area contributed by atoms with Crippen molar-refractivity contribution in [3.05, 3.63) is 30.3 Å². The molecule has 0 atom stereocenters. The molecule has 0 heterocycles. The summed E-state index contributed by atoms with van der Waals surface area (Å²) in [5.41, 5.74) is 0.299. The Balaban J connectivity index is 2.23. The van der Waals surface area contributed by atoms with E-state index in [0.29, 0.717) is 12.8 Å². The van der Waals surface area contributed by atoms with Crippen LogP contribution < -0.4 is 5.32 Å². The maximum atomic E-state index is 11.6. The van der Waals surface area contributed by atoms with Gasteiger partial charge in [-0.1, -0.05) is 18.2 Å². The van der Waals surface area contributed by atoms with Gasteiger partial charge in [0.1, 0.15) is 5.60 Å². The summed E-state index contributed by atoms with van der Waals surface area (Å²) in [6, 6.07) is 9.25. The molecule has 19 heavy (non-hydrogen) atoms. The van der Waals surface area contributed by atoms with Crippen LogP contribution in [0.4, 0.5) is 5.69 Å². The zero-order valence-corrected chi connectivity index (χ0v) is 11.7. The van der Waals surface area contributed by atoms with Crippen LogP contribution in [0.15, 0.2) is 30.3 Å². The van der Waals surface area contributed by atoms with Gasteiger partial charge in [0.2, 0.25) is 5.91 Å². The molecule has 0 unspecified atom stereocenters. The molecule has 0 aliphatic heterocycles. The number of anilines is 1. The average Bonchev–Trinajstić information content (AvgIpc) is 2.27. The Morgan fingerprint density at radius 3 is 2.32 bits per heavy atom. The van der Waals surface area contributed by atoms with Crippen molar-refractivity contribution in [3.63, 3.8) is 0 Å². The van der Waals surface area contributed by atoms with Gasteiger partial charge >= 0.3 is 5.97 Å². The molecule has 0 aliphatic rings. The number of carbonyl (C=O) groups is 2. The SMILES string of the molecule is CC(C)(C)OC(=O)CCCC(=O)Nc1ccccc1. The second-order valence-corrected chi connectivity index (χ2v) is 5.35. The highest BCUT2D eigenvalue weighted by atomic mass is 16.6. The molecule has 4 heteroatoms. The van der Waals surface area contributed by atoms with E-state index in [-0.39, 0.29) is 18.3 Å². The molecule has 1 rings (SSSR count). The molecule has 1 amide bonds. The first-order valence-corrected chi connectivity index (χ1v) is 6.43. The van der Waals surface area contributed by atoms with E-state index in [0.717, 1.165) is 5.69 Å². The summed E-state index contributed by atoms with van der Waals surface area (Å²) < 4.78 is 5.17. The summed E-state index contributed by atoms with van der Waals surface area (Å²) in [5, 5.41) is 2.77. The van der Waals surface area contributed by atoms with Gasteiger partial charge in [0, 0.05) is 18.5 Å². The smallest absolute Gasteiger partial charge is 0.306 e. The summed E-state index contributed by atoms with van der Waals surface area (Å²) >= 11 is 0. The number of rotatable bonds is 5. The van der Waals surface area contributed by atoms with E-state index in [4.69, 9.17) is 4.74 Å². The van der Waals surface area contributed by atoms with E-state index in [1.54, 1.807) is 0 Å². The fourth-order valence-electron chi connectivity index (χ4n) is 1.53. The van der Waals surface area contributed by atoms with Gasteiger partial charge in [0.15, 0.2) is 0 Å². The lowest BCUT2D eigenvalue weighted by Gasteiger charge is -2.19.